The molecule has 94 valence electrons. The highest BCUT2D eigenvalue weighted by Gasteiger charge is 2.12. The first kappa shape index (κ1) is 13.4. The number of hydrogen-bond donors (Lipinski definition) is 0. The van der Waals surface area contributed by atoms with Crippen molar-refractivity contribution in [2.75, 3.05) is 0 Å². The number of aromatic nitrogens is 3. The molecule has 0 amide bonds. The second kappa shape index (κ2) is 5.76. The van der Waals surface area contributed by atoms with Gasteiger partial charge in [0.1, 0.15) is 10.8 Å². The highest BCUT2D eigenvalue weighted by Crippen LogP contribution is 2.27. The van der Waals surface area contributed by atoms with Gasteiger partial charge in [0.2, 0.25) is 0 Å². The van der Waals surface area contributed by atoms with E-state index in [2.05, 4.69) is 37.8 Å². The molecule has 5 heteroatoms. The lowest BCUT2D eigenvalue weighted by atomic mass is 10.2. The molecule has 2 aromatic heterocycles. The molecule has 2 aromatic rings. The molecule has 0 fully saturated rings. The topological polar surface area (TPSA) is 38.7 Å². The lowest BCUT2D eigenvalue weighted by molar-refractivity contribution is 0.866. The molecule has 0 bridgehead atoms. The molecule has 0 radical (unpaired) electrons. The van der Waals surface area contributed by atoms with Gasteiger partial charge in [0.25, 0.3) is 0 Å². The SMILES string of the molecule is CCCc1nc(-c2cc(C)ccn2)nc(Cl)c1Br. The van der Waals surface area contributed by atoms with Gasteiger partial charge in [-0.3, -0.25) is 4.98 Å². The quantitative estimate of drug-likeness (QED) is 0.793. The average Bonchev–Trinajstić information content (AvgIpc) is 2.35. The van der Waals surface area contributed by atoms with Crippen LogP contribution in [0.5, 0.6) is 0 Å². The van der Waals surface area contributed by atoms with Crippen molar-refractivity contribution in [3.63, 3.8) is 0 Å². The summed E-state index contributed by atoms with van der Waals surface area (Å²) in [6, 6.07) is 3.90. The largest absolute Gasteiger partial charge is 0.253 e. The Balaban J connectivity index is 2.51. The molecule has 2 heterocycles. The smallest absolute Gasteiger partial charge is 0.179 e. The molecule has 0 saturated carbocycles. The minimum Gasteiger partial charge on any atom is -0.253 e. The van der Waals surface area contributed by atoms with Gasteiger partial charge in [0.05, 0.1) is 10.2 Å². The predicted octanol–water partition coefficient (Wildman–Crippen LogP) is 4.22. The summed E-state index contributed by atoms with van der Waals surface area (Å²) >= 11 is 9.54. The molecule has 0 aliphatic carbocycles. The van der Waals surface area contributed by atoms with Crippen LogP contribution in [0.15, 0.2) is 22.8 Å². The van der Waals surface area contributed by atoms with E-state index < -0.39 is 0 Å². The standard InChI is InChI=1S/C13H13BrClN3/c1-3-4-9-11(14)12(15)18-13(17-9)10-7-8(2)5-6-16-10/h5-7H,3-4H2,1-2H3. The van der Waals surface area contributed by atoms with E-state index in [4.69, 9.17) is 11.6 Å². The molecule has 0 aliphatic heterocycles. The normalized spacial score (nSPS) is 10.7. The van der Waals surface area contributed by atoms with Crippen LogP contribution < -0.4 is 0 Å². The first-order chi connectivity index (χ1) is 8.61. The van der Waals surface area contributed by atoms with Crippen molar-refractivity contribution >= 4 is 27.5 Å². The molecule has 18 heavy (non-hydrogen) atoms. The lowest BCUT2D eigenvalue weighted by Crippen LogP contribution is -1.99. The van der Waals surface area contributed by atoms with Gasteiger partial charge in [-0.25, -0.2) is 9.97 Å². The van der Waals surface area contributed by atoms with Crippen LogP contribution in [0.4, 0.5) is 0 Å². The van der Waals surface area contributed by atoms with Crippen molar-refractivity contribution < 1.29 is 0 Å². The molecule has 0 spiro atoms. The van der Waals surface area contributed by atoms with Crippen LogP contribution in [-0.2, 0) is 6.42 Å². The van der Waals surface area contributed by atoms with Crippen LogP contribution >= 0.6 is 27.5 Å². The predicted molar refractivity (Wildman–Crippen MR) is 76.7 cm³/mol. The summed E-state index contributed by atoms with van der Waals surface area (Å²) in [7, 11) is 0. The summed E-state index contributed by atoms with van der Waals surface area (Å²) in [6.45, 7) is 4.12. The van der Waals surface area contributed by atoms with Crippen LogP contribution in [0.1, 0.15) is 24.6 Å². The Hall–Kier alpha value is -1.00. The van der Waals surface area contributed by atoms with Crippen LogP contribution in [0.25, 0.3) is 11.5 Å². The Kier molecular flexibility index (Phi) is 4.30. The van der Waals surface area contributed by atoms with Gasteiger partial charge in [0.15, 0.2) is 5.82 Å². The molecule has 0 N–H and O–H groups in total. The highest BCUT2D eigenvalue weighted by molar-refractivity contribution is 9.10. The number of halogens is 2. The first-order valence-electron chi connectivity index (χ1n) is 5.76. The van der Waals surface area contributed by atoms with E-state index in [1.54, 1.807) is 6.20 Å². The molecule has 0 saturated heterocycles. The number of rotatable bonds is 3. The lowest BCUT2D eigenvalue weighted by Gasteiger charge is -2.07. The van der Waals surface area contributed by atoms with Crippen LogP contribution in [-0.4, -0.2) is 15.0 Å². The van der Waals surface area contributed by atoms with E-state index in [1.165, 1.54) is 0 Å². The fraction of sp³-hybridized carbons (Fsp3) is 0.308. The van der Waals surface area contributed by atoms with E-state index in [-0.39, 0.29) is 0 Å². The number of hydrogen-bond acceptors (Lipinski definition) is 3. The second-order valence-electron chi connectivity index (χ2n) is 4.07. The molecule has 0 unspecified atom stereocenters. The van der Waals surface area contributed by atoms with Crippen molar-refractivity contribution in [3.8, 4) is 11.5 Å². The zero-order valence-corrected chi connectivity index (χ0v) is 12.6. The summed E-state index contributed by atoms with van der Waals surface area (Å²) in [5, 5.41) is 0.437. The Bertz CT molecular complexity index is 572. The van der Waals surface area contributed by atoms with Gasteiger partial charge in [-0.15, -0.1) is 0 Å². The molecule has 3 nitrogen and oxygen atoms in total. The van der Waals surface area contributed by atoms with E-state index >= 15 is 0 Å². The van der Waals surface area contributed by atoms with Crippen molar-refractivity contribution in [3.05, 3.63) is 39.2 Å². The van der Waals surface area contributed by atoms with Crippen molar-refractivity contribution in [2.45, 2.75) is 26.7 Å². The Labute approximate surface area is 120 Å². The minimum atomic E-state index is 0.437. The number of aryl methyl sites for hydroxylation is 2. The summed E-state index contributed by atoms with van der Waals surface area (Å²) in [4.78, 5) is 13.1. The van der Waals surface area contributed by atoms with Gasteiger partial charge in [0, 0.05) is 6.20 Å². The summed E-state index contributed by atoms with van der Waals surface area (Å²) in [6.07, 6.45) is 3.62. The molecule has 0 aliphatic rings. The maximum Gasteiger partial charge on any atom is 0.179 e. The molecule has 0 atom stereocenters. The summed E-state index contributed by atoms with van der Waals surface area (Å²) < 4.78 is 0.780. The van der Waals surface area contributed by atoms with Gasteiger partial charge in [-0.1, -0.05) is 24.9 Å². The van der Waals surface area contributed by atoms with E-state index in [0.29, 0.717) is 11.0 Å². The third-order valence-electron chi connectivity index (χ3n) is 2.51. The number of nitrogens with zero attached hydrogens (tertiary/aromatic N) is 3. The van der Waals surface area contributed by atoms with Gasteiger partial charge in [-0.05, 0) is 47.0 Å². The Morgan fingerprint density at radius 2 is 2.11 bits per heavy atom. The van der Waals surface area contributed by atoms with Crippen molar-refractivity contribution in [2.24, 2.45) is 0 Å². The molecule has 0 aromatic carbocycles. The molecule has 2 rings (SSSR count). The highest BCUT2D eigenvalue weighted by atomic mass is 79.9. The maximum absolute atomic E-state index is 6.12. The van der Waals surface area contributed by atoms with E-state index in [9.17, 15) is 0 Å². The third kappa shape index (κ3) is 2.87. The summed E-state index contributed by atoms with van der Waals surface area (Å²) in [5.74, 6) is 0.579. The average molecular weight is 327 g/mol. The minimum absolute atomic E-state index is 0.437. The van der Waals surface area contributed by atoms with E-state index in [0.717, 1.165) is 34.3 Å². The zero-order valence-electron chi connectivity index (χ0n) is 10.2. The monoisotopic (exact) mass is 325 g/mol. The molecular weight excluding hydrogens is 314 g/mol. The zero-order chi connectivity index (χ0) is 13.1. The third-order valence-corrected chi connectivity index (χ3v) is 3.85. The second-order valence-corrected chi connectivity index (χ2v) is 5.22. The first-order valence-corrected chi connectivity index (χ1v) is 6.94. The van der Waals surface area contributed by atoms with Crippen LogP contribution in [0.2, 0.25) is 5.15 Å². The Morgan fingerprint density at radius 1 is 1.33 bits per heavy atom. The maximum atomic E-state index is 6.12. The van der Waals surface area contributed by atoms with Gasteiger partial charge in [-0.2, -0.15) is 0 Å². The van der Waals surface area contributed by atoms with Crippen molar-refractivity contribution in [1.29, 1.82) is 0 Å². The fourth-order valence-corrected chi connectivity index (χ4v) is 2.20. The Morgan fingerprint density at radius 3 is 2.78 bits per heavy atom. The van der Waals surface area contributed by atoms with Crippen LogP contribution in [0, 0.1) is 6.92 Å². The summed E-state index contributed by atoms with van der Waals surface area (Å²) in [5.41, 5.74) is 2.80. The number of pyridine rings is 1. The molecular formula is C13H13BrClN3. The van der Waals surface area contributed by atoms with Crippen LogP contribution in [0.3, 0.4) is 0 Å². The van der Waals surface area contributed by atoms with Gasteiger partial charge >= 0.3 is 0 Å². The van der Waals surface area contributed by atoms with E-state index in [1.807, 2.05) is 19.1 Å². The fourth-order valence-electron chi connectivity index (χ4n) is 1.64. The van der Waals surface area contributed by atoms with Crippen molar-refractivity contribution in [1.82, 2.24) is 15.0 Å². The van der Waals surface area contributed by atoms with Gasteiger partial charge < -0.3 is 0 Å².